The molecule has 0 spiro atoms. The molecule has 0 fully saturated rings. The molecule has 0 saturated carbocycles. The molecule has 2 aromatic rings. The summed E-state index contributed by atoms with van der Waals surface area (Å²) in [6, 6.07) is 10.5. The number of nitrogens with zero attached hydrogens (tertiary/aromatic N) is 2. The van der Waals surface area contributed by atoms with Crippen LogP contribution in [0.4, 0.5) is 0 Å². The van der Waals surface area contributed by atoms with E-state index in [0.717, 1.165) is 11.2 Å². The summed E-state index contributed by atoms with van der Waals surface area (Å²) in [4.78, 5) is 4.50. The minimum Gasteiger partial charge on any atom is -0.252 e. The van der Waals surface area contributed by atoms with Crippen molar-refractivity contribution in [2.75, 3.05) is 0 Å². The summed E-state index contributed by atoms with van der Waals surface area (Å²) >= 11 is 0. The number of benzene rings is 1. The Morgan fingerprint density at radius 1 is 1.29 bits per heavy atom. The third-order valence-electron chi connectivity index (χ3n) is 3.02. The van der Waals surface area contributed by atoms with Gasteiger partial charge in [0.05, 0.1) is 23.7 Å². The van der Waals surface area contributed by atoms with Gasteiger partial charge < -0.3 is 0 Å². The largest absolute Gasteiger partial charge is 0.252 e. The van der Waals surface area contributed by atoms with E-state index in [1.807, 2.05) is 6.07 Å². The molecular formula is C15H16N2. The van der Waals surface area contributed by atoms with Crippen molar-refractivity contribution in [1.29, 1.82) is 5.26 Å². The second kappa shape index (κ2) is 4.55. The van der Waals surface area contributed by atoms with E-state index in [2.05, 4.69) is 50.0 Å². The fourth-order valence-electron chi connectivity index (χ4n) is 2.01. The molecule has 1 aromatic carbocycles. The first-order valence-corrected chi connectivity index (χ1v) is 5.89. The van der Waals surface area contributed by atoms with Gasteiger partial charge in [0.15, 0.2) is 0 Å². The van der Waals surface area contributed by atoms with E-state index < -0.39 is 0 Å². The predicted molar refractivity (Wildman–Crippen MR) is 69.9 cm³/mol. The summed E-state index contributed by atoms with van der Waals surface area (Å²) in [5.74, 6) is 0.526. The van der Waals surface area contributed by atoms with Crippen LogP contribution in [0.3, 0.4) is 0 Å². The number of fused-ring (bicyclic) bond motifs is 1. The maximum Gasteiger partial charge on any atom is 0.0775 e. The second-order valence-corrected chi connectivity index (χ2v) is 4.70. The monoisotopic (exact) mass is 224 g/mol. The van der Waals surface area contributed by atoms with Crippen LogP contribution in [0.1, 0.15) is 36.6 Å². The summed E-state index contributed by atoms with van der Waals surface area (Å²) in [6.07, 6.45) is 0.378. The lowest BCUT2D eigenvalue weighted by Gasteiger charge is -2.09. The van der Waals surface area contributed by atoms with E-state index >= 15 is 0 Å². The molecule has 0 bridgehead atoms. The molecule has 0 unspecified atom stereocenters. The number of pyridine rings is 1. The van der Waals surface area contributed by atoms with Crippen molar-refractivity contribution in [2.24, 2.45) is 0 Å². The quantitative estimate of drug-likeness (QED) is 0.779. The zero-order chi connectivity index (χ0) is 12.4. The molecule has 17 heavy (non-hydrogen) atoms. The molecule has 1 aromatic heterocycles. The summed E-state index contributed by atoms with van der Waals surface area (Å²) in [5, 5.41) is 9.90. The van der Waals surface area contributed by atoms with Gasteiger partial charge in [0.1, 0.15) is 0 Å². The third-order valence-corrected chi connectivity index (χ3v) is 3.02. The van der Waals surface area contributed by atoms with Gasteiger partial charge >= 0.3 is 0 Å². The SMILES string of the molecule is Cc1cc(CC#N)nc2ccc(C(C)C)cc12. The molecule has 0 aliphatic heterocycles. The minimum atomic E-state index is 0.378. The van der Waals surface area contributed by atoms with Crippen molar-refractivity contribution in [3.63, 3.8) is 0 Å². The molecule has 0 saturated heterocycles. The first-order valence-electron chi connectivity index (χ1n) is 5.89. The van der Waals surface area contributed by atoms with Crippen molar-refractivity contribution in [2.45, 2.75) is 33.1 Å². The molecule has 2 heteroatoms. The molecule has 0 N–H and O–H groups in total. The van der Waals surface area contributed by atoms with Crippen LogP contribution in [0.25, 0.3) is 10.9 Å². The van der Waals surface area contributed by atoms with Crippen LogP contribution >= 0.6 is 0 Å². The normalized spacial score (nSPS) is 10.8. The molecule has 0 amide bonds. The van der Waals surface area contributed by atoms with Gasteiger partial charge in [-0.05, 0) is 42.2 Å². The van der Waals surface area contributed by atoms with Crippen LogP contribution in [0, 0.1) is 18.3 Å². The zero-order valence-electron chi connectivity index (χ0n) is 10.5. The maximum atomic E-state index is 8.71. The Balaban J connectivity index is 2.61. The Morgan fingerprint density at radius 2 is 2.06 bits per heavy atom. The second-order valence-electron chi connectivity index (χ2n) is 4.70. The van der Waals surface area contributed by atoms with E-state index in [-0.39, 0.29) is 0 Å². The Kier molecular flexibility index (Phi) is 3.10. The standard InChI is InChI=1S/C15H16N2/c1-10(2)12-4-5-15-14(9-12)11(3)8-13(17-15)6-7-16/h4-5,8-10H,6H2,1-3H3. The van der Waals surface area contributed by atoms with Crippen LogP contribution in [0.5, 0.6) is 0 Å². The lowest BCUT2D eigenvalue weighted by atomic mass is 9.99. The van der Waals surface area contributed by atoms with Crippen molar-refractivity contribution in [3.05, 3.63) is 41.1 Å². The van der Waals surface area contributed by atoms with Crippen molar-refractivity contribution in [1.82, 2.24) is 4.98 Å². The predicted octanol–water partition coefficient (Wildman–Crippen LogP) is 3.73. The molecular weight excluding hydrogens is 208 g/mol. The fourth-order valence-corrected chi connectivity index (χ4v) is 2.01. The molecule has 2 rings (SSSR count). The van der Waals surface area contributed by atoms with Gasteiger partial charge in [-0.15, -0.1) is 0 Å². The first kappa shape index (κ1) is 11.6. The van der Waals surface area contributed by atoms with E-state index in [9.17, 15) is 0 Å². The van der Waals surface area contributed by atoms with Crippen LogP contribution in [-0.4, -0.2) is 4.98 Å². The maximum absolute atomic E-state index is 8.71. The molecule has 0 aliphatic carbocycles. The fraction of sp³-hybridized carbons (Fsp3) is 0.333. The Hall–Kier alpha value is -1.88. The molecule has 0 radical (unpaired) electrons. The van der Waals surface area contributed by atoms with Gasteiger partial charge in [-0.3, -0.25) is 4.98 Å². The first-order chi connectivity index (χ1) is 8.11. The van der Waals surface area contributed by atoms with Gasteiger partial charge in [0, 0.05) is 5.39 Å². The van der Waals surface area contributed by atoms with Crippen LogP contribution in [0.15, 0.2) is 24.3 Å². The number of nitriles is 1. The lowest BCUT2D eigenvalue weighted by molar-refractivity contribution is 0.868. The Labute approximate surface area is 102 Å². The average Bonchev–Trinajstić information content (AvgIpc) is 2.29. The van der Waals surface area contributed by atoms with Gasteiger partial charge in [0.2, 0.25) is 0 Å². The van der Waals surface area contributed by atoms with Crippen molar-refractivity contribution >= 4 is 10.9 Å². The minimum absolute atomic E-state index is 0.378. The summed E-state index contributed by atoms with van der Waals surface area (Å²) in [6.45, 7) is 6.46. The van der Waals surface area contributed by atoms with E-state index in [1.54, 1.807) is 0 Å². The highest BCUT2D eigenvalue weighted by atomic mass is 14.7. The van der Waals surface area contributed by atoms with Gasteiger partial charge in [0.25, 0.3) is 0 Å². The molecule has 0 atom stereocenters. The summed E-state index contributed by atoms with van der Waals surface area (Å²) in [5.41, 5.74) is 4.37. The molecule has 2 nitrogen and oxygen atoms in total. The zero-order valence-corrected chi connectivity index (χ0v) is 10.5. The highest BCUT2D eigenvalue weighted by Gasteiger charge is 2.05. The Bertz CT molecular complexity index is 592. The van der Waals surface area contributed by atoms with Crippen molar-refractivity contribution < 1.29 is 0 Å². The lowest BCUT2D eigenvalue weighted by Crippen LogP contribution is -1.94. The Morgan fingerprint density at radius 3 is 2.71 bits per heavy atom. The van der Waals surface area contributed by atoms with Crippen molar-refractivity contribution in [3.8, 4) is 6.07 Å². The number of hydrogen-bond acceptors (Lipinski definition) is 2. The topological polar surface area (TPSA) is 36.7 Å². The van der Waals surface area contributed by atoms with Crippen LogP contribution in [-0.2, 0) is 6.42 Å². The molecule has 0 aliphatic rings. The van der Waals surface area contributed by atoms with Gasteiger partial charge in [-0.1, -0.05) is 19.9 Å². The smallest absolute Gasteiger partial charge is 0.0775 e. The van der Waals surface area contributed by atoms with E-state index in [4.69, 9.17) is 5.26 Å². The summed E-state index contributed by atoms with van der Waals surface area (Å²) in [7, 11) is 0. The number of rotatable bonds is 2. The highest BCUT2D eigenvalue weighted by Crippen LogP contribution is 2.23. The van der Waals surface area contributed by atoms with E-state index in [1.165, 1.54) is 16.5 Å². The number of aromatic nitrogens is 1. The molecule has 1 heterocycles. The van der Waals surface area contributed by atoms with Crippen LogP contribution in [0.2, 0.25) is 0 Å². The highest BCUT2D eigenvalue weighted by molar-refractivity contribution is 5.83. The summed E-state index contributed by atoms with van der Waals surface area (Å²) < 4.78 is 0. The van der Waals surface area contributed by atoms with Crippen LogP contribution < -0.4 is 0 Å². The average molecular weight is 224 g/mol. The number of hydrogen-bond donors (Lipinski definition) is 0. The third kappa shape index (κ3) is 2.29. The van der Waals surface area contributed by atoms with E-state index in [0.29, 0.717) is 12.3 Å². The van der Waals surface area contributed by atoms with Gasteiger partial charge in [-0.2, -0.15) is 5.26 Å². The van der Waals surface area contributed by atoms with Gasteiger partial charge in [-0.25, -0.2) is 0 Å². The number of aryl methyl sites for hydroxylation is 1. The molecule has 86 valence electrons.